The monoisotopic (exact) mass is 404 g/mol. The van der Waals surface area contributed by atoms with Crippen molar-refractivity contribution in [1.82, 2.24) is 4.98 Å². The van der Waals surface area contributed by atoms with Crippen molar-refractivity contribution in [2.75, 3.05) is 5.32 Å². The van der Waals surface area contributed by atoms with E-state index in [2.05, 4.69) is 10.3 Å². The maximum Gasteiger partial charge on any atom is 0.288 e. The number of anilines is 1. The van der Waals surface area contributed by atoms with Gasteiger partial charge in [-0.2, -0.15) is 8.78 Å². The number of carbonyl (C=O) groups excluding carboxylic acids is 1. The van der Waals surface area contributed by atoms with Crippen LogP contribution in [0.3, 0.4) is 0 Å². The molecule has 3 nitrogen and oxygen atoms in total. The number of nitrogens with zero attached hydrogens (tertiary/aromatic N) is 1. The van der Waals surface area contributed by atoms with Crippen LogP contribution in [0, 0.1) is 0 Å². The third-order valence-corrected chi connectivity index (χ3v) is 5.00. The van der Waals surface area contributed by atoms with E-state index in [1.807, 2.05) is 0 Å². The van der Waals surface area contributed by atoms with Gasteiger partial charge in [0.15, 0.2) is 5.13 Å². The topological polar surface area (TPSA) is 42.0 Å². The molecule has 2 aromatic carbocycles. The molecule has 1 aromatic heterocycles. The van der Waals surface area contributed by atoms with Crippen molar-refractivity contribution in [3.05, 3.63) is 52.0 Å². The number of benzene rings is 2. The molecule has 0 atom stereocenters. The van der Waals surface area contributed by atoms with E-state index in [9.17, 15) is 13.6 Å². The zero-order valence-electron chi connectivity index (χ0n) is 11.7. The summed E-state index contributed by atoms with van der Waals surface area (Å²) in [5.41, 5.74) is 0.929. The third kappa shape index (κ3) is 4.16. The molecule has 1 amide bonds. The van der Waals surface area contributed by atoms with Crippen LogP contribution in [0.4, 0.5) is 13.9 Å². The first kappa shape index (κ1) is 17.4. The summed E-state index contributed by atoms with van der Waals surface area (Å²) in [6.07, 6.45) is 0. The number of carbonyl (C=O) groups is 1. The highest BCUT2D eigenvalue weighted by molar-refractivity contribution is 7.99. The second-order valence-corrected chi connectivity index (χ2v) is 7.61. The van der Waals surface area contributed by atoms with Crippen LogP contribution < -0.4 is 5.32 Å². The van der Waals surface area contributed by atoms with E-state index in [1.54, 1.807) is 18.2 Å². The summed E-state index contributed by atoms with van der Waals surface area (Å²) in [5, 5.41) is 3.73. The number of nitrogens with one attached hydrogen (secondary N) is 1. The Balaban J connectivity index is 1.83. The van der Waals surface area contributed by atoms with Gasteiger partial charge >= 0.3 is 0 Å². The van der Waals surface area contributed by atoms with Crippen LogP contribution in [0.25, 0.3) is 10.2 Å². The predicted octanol–water partition coefficient (Wildman–Crippen LogP) is 6.17. The number of thioether (sulfide) groups is 1. The van der Waals surface area contributed by atoms with Crippen molar-refractivity contribution in [3.8, 4) is 0 Å². The molecular weight excluding hydrogens is 397 g/mol. The average molecular weight is 405 g/mol. The zero-order chi connectivity index (χ0) is 17.3. The molecule has 3 rings (SSSR count). The van der Waals surface area contributed by atoms with Gasteiger partial charge in [-0.15, -0.1) is 0 Å². The molecule has 24 heavy (non-hydrogen) atoms. The van der Waals surface area contributed by atoms with Gasteiger partial charge in [0.25, 0.3) is 11.7 Å². The van der Waals surface area contributed by atoms with Crippen LogP contribution in [0.2, 0.25) is 10.0 Å². The number of hydrogen-bond donors (Lipinski definition) is 1. The van der Waals surface area contributed by atoms with Crippen LogP contribution >= 0.6 is 46.3 Å². The Morgan fingerprint density at radius 1 is 1.17 bits per heavy atom. The SMILES string of the molecule is O=C(Nc1nc2ccc(SC(F)F)cc2s1)c1cc(Cl)cc(Cl)c1. The van der Waals surface area contributed by atoms with Crippen LogP contribution in [-0.2, 0) is 0 Å². The van der Waals surface area contributed by atoms with Crippen molar-refractivity contribution in [2.45, 2.75) is 10.7 Å². The standard InChI is InChI=1S/C15H8Cl2F2N2OS2/c16-8-3-7(4-9(17)5-8)13(22)21-15-20-11-2-1-10(23-14(18)19)6-12(11)24-15/h1-6,14H,(H,20,21,22). The molecule has 0 fully saturated rings. The van der Waals surface area contributed by atoms with E-state index in [-0.39, 0.29) is 0 Å². The maximum absolute atomic E-state index is 12.4. The molecule has 124 valence electrons. The van der Waals surface area contributed by atoms with Crippen LogP contribution in [-0.4, -0.2) is 16.6 Å². The largest absolute Gasteiger partial charge is 0.298 e. The number of aromatic nitrogens is 1. The summed E-state index contributed by atoms with van der Waals surface area (Å²) in [6, 6.07) is 9.35. The van der Waals surface area contributed by atoms with Gasteiger partial charge in [0.1, 0.15) is 0 Å². The van der Waals surface area contributed by atoms with E-state index in [0.717, 1.165) is 0 Å². The molecule has 0 saturated carbocycles. The predicted molar refractivity (Wildman–Crippen MR) is 95.9 cm³/mol. The van der Waals surface area contributed by atoms with Crippen LogP contribution in [0.5, 0.6) is 0 Å². The molecule has 1 heterocycles. The van der Waals surface area contributed by atoms with Gasteiger partial charge in [0.2, 0.25) is 0 Å². The first-order valence-electron chi connectivity index (χ1n) is 6.53. The first-order valence-corrected chi connectivity index (χ1v) is 8.99. The third-order valence-electron chi connectivity index (χ3n) is 2.93. The molecule has 0 unspecified atom stereocenters. The van der Waals surface area contributed by atoms with Gasteiger partial charge in [0.05, 0.1) is 10.2 Å². The molecular formula is C15H8Cl2F2N2OS2. The molecule has 0 aliphatic rings. The molecule has 0 bridgehead atoms. The second-order valence-electron chi connectivity index (χ2n) is 4.64. The second kappa shape index (κ2) is 7.23. The Bertz CT molecular complexity index is 897. The van der Waals surface area contributed by atoms with Gasteiger partial charge in [-0.1, -0.05) is 46.3 Å². The number of rotatable bonds is 4. The van der Waals surface area contributed by atoms with Crippen LogP contribution in [0.15, 0.2) is 41.3 Å². The molecule has 0 aliphatic carbocycles. The number of fused-ring (bicyclic) bond motifs is 1. The van der Waals surface area contributed by atoms with Crippen LogP contribution in [0.1, 0.15) is 10.4 Å². The molecule has 0 spiro atoms. The Hall–Kier alpha value is -1.41. The van der Waals surface area contributed by atoms with Gasteiger partial charge in [0, 0.05) is 20.5 Å². The fraction of sp³-hybridized carbons (Fsp3) is 0.0667. The summed E-state index contributed by atoms with van der Waals surface area (Å²) in [7, 11) is 0. The Morgan fingerprint density at radius 2 is 1.88 bits per heavy atom. The molecule has 0 saturated heterocycles. The normalized spacial score (nSPS) is 11.2. The quantitative estimate of drug-likeness (QED) is 0.528. The summed E-state index contributed by atoms with van der Waals surface area (Å²) in [4.78, 5) is 17.0. The molecule has 3 aromatic rings. The van der Waals surface area contributed by atoms with E-state index < -0.39 is 11.7 Å². The van der Waals surface area contributed by atoms with E-state index in [4.69, 9.17) is 23.2 Å². The minimum absolute atomic E-state index is 0.306. The first-order chi connectivity index (χ1) is 11.4. The highest BCUT2D eigenvalue weighted by Gasteiger charge is 2.13. The zero-order valence-corrected chi connectivity index (χ0v) is 14.9. The number of halogens is 4. The molecule has 9 heteroatoms. The summed E-state index contributed by atoms with van der Waals surface area (Å²) in [6.45, 7) is 0. The van der Waals surface area contributed by atoms with E-state index in [0.29, 0.717) is 47.6 Å². The summed E-state index contributed by atoms with van der Waals surface area (Å²) < 4.78 is 25.6. The van der Waals surface area contributed by atoms with Gasteiger partial charge in [-0.3, -0.25) is 10.1 Å². The smallest absolute Gasteiger partial charge is 0.288 e. The Labute approximate surface area is 154 Å². The van der Waals surface area contributed by atoms with Gasteiger partial charge < -0.3 is 0 Å². The fourth-order valence-corrected chi connectivity index (χ4v) is 4.03. The number of amides is 1. The lowest BCUT2D eigenvalue weighted by Gasteiger charge is -2.02. The van der Waals surface area contributed by atoms with Crippen molar-refractivity contribution in [3.63, 3.8) is 0 Å². The van der Waals surface area contributed by atoms with Gasteiger partial charge in [-0.05, 0) is 36.4 Å². The Kier molecular flexibility index (Phi) is 5.24. The maximum atomic E-state index is 12.4. The fourth-order valence-electron chi connectivity index (χ4n) is 1.99. The minimum Gasteiger partial charge on any atom is -0.298 e. The van der Waals surface area contributed by atoms with Crippen molar-refractivity contribution in [1.29, 1.82) is 0 Å². The van der Waals surface area contributed by atoms with E-state index in [1.165, 1.54) is 29.5 Å². The molecule has 0 aliphatic heterocycles. The summed E-state index contributed by atoms with van der Waals surface area (Å²) >= 11 is 13.4. The highest BCUT2D eigenvalue weighted by Crippen LogP contribution is 2.32. The highest BCUT2D eigenvalue weighted by atomic mass is 35.5. The minimum atomic E-state index is -2.48. The van der Waals surface area contributed by atoms with Crippen molar-refractivity contribution < 1.29 is 13.6 Å². The van der Waals surface area contributed by atoms with E-state index >= 15 is 0 Å². The lowest BCUT2D eigenvalue weighted by molar-refractivity contribution is 0.102. The number of alkyl halides is 2. The molecule has 1 N–H and O–H groups in total. The summed E-state index contributed by atoms with van der Waals surface area (Å²) in [5.74, 6) is -2.89. The average Bonchev–Trinajstić information content (AvgIpc) is 2.87. The Morgan fingerprint density at radius 3 is 2.54 bits per heavy atom. The molecule has 0 radical (unpaired) electrons. The van der Waals surface area contributed by atoms with Crippen molar-refractivity contribution >= 4 is 67.6 Å². The lowest BCUT2D eigenvalue weighted by Crippen LogP contribution is -2.11. The number of thiazole rings is 1. The number of hydrogen-bond acceptors (Lipinski definition) is 4. The van der Waals surface area contributed by atoms with Gasteiger partial charge in [-0.25, -0.2) is 4.98 Å². The lowest BCUT2D eigenvalue weighted by atomic mass is 10.2. The van der Waals surface area contributed by atoms with Crippen molar-refractivity contribution in [2.24, 2.45) is 0 Å².